The van der Waals surface area contributed by atoms with Crippen LogP contribution in [0.15, 0.2) is 24.0 Å². The number of carbonyl (C=O) groups is 4. The summed E-state index contributed by atoms with van der Waals surface area (Å²) in [5.41, 5.74) is -1.29. The van der Waals surface area contributed by atoms with E-state index in [4.69, 9.17) is 33.9 Å². The Balaban J connectivity index is 0.000000471. The van der Waals surface area contributed by atoms with Crippen LogP contribution >= 0.6 is 0 Å². The Morgan fingerprint density at radius 3 is 2.31 bits per heavy atom. The van der Waals surface area contributed by atoms with Gasteiger partial charge in [0, 0.05) is 25.3 Å². The molecular weight excluding hydrogens is 646 g/mol. The van der Waals surface area contributed by atoms with Gasteiger partial charge in [-0.15, -0.1) is 0 Å². The molecule has 1 spiro atoms. The Hall–Kier alpha value is -3.76. The molecule has 15 nitrogen and oxygen atoms in total. The average molecular weight is 694 g/mol. The van der Waals surface area contributed by atoms with Gasteiger partial charge < -0.3 is 58.9 Å². The predicted molar refractivity (Wildman–Crippen MR) is 166 cm³/mol. The molecule has 4 aliphatic rings. The van der Waals surface area contributed by atoms with E-state index in [1.54, 1.807) is 21.0 Å². The third-order valence-corrected chi connectivity index (χ3v) is 9.78. The van der Waals surface area contributed by atoms with Crippen molar-refractivity contribution >= 4 is 23.7 Å². The molecule has 49 heavy (non-hydrogen) atoms. The molecular formula is C34H47NO14. The van der Waals surface area contributed by atoms with Gasteiger partial charge in [-0.25, -0.2) is 4.79 Å². The van der Waals surface area contributed by atoms with Gasteiger partial charge in [0.05, 0.1) is 51.2 Å². The summed E-state index contributed by atoms with van der Waals surface area (Å²) in [5.74, 6) is -2.64. The molecule has 0 bridgehead atoms. The van der Waals surface area contributed by atoms with E-state index in [2.05, 4.69) is 6.08 Å². The fraction of sp³-hybridized carbons (Fsp3) is 0.647. The quantitative estimate of drug-likeness (QED) is 0.153. The van der Waals surface area contributed by atoms with Gasteiger partial charge in [-0.2, -0.15) is 0 Å². The lowest BCUT2D eigenvalue weighted by atomic mass is 9.77. The first-order valence-corrected chi connectivity index (χ1v) is 16.3. The van der Waals surface area contributed by atoms with Crippen molar-refractivity contribution in [1.29, 1.82) is 0 Å². The monoisotopic (exact) mass is 693 g/mol. The Bertz CT molecular complexity index is 1430. The maximum atomic E-state index is 13.8. The summed E-state index contributed by atoms with van der Waals surface area (Å²) in [5, 5.41) is 48.4. The van der Waals surface area contributed by atoms with E-state index in [1.807, 2.05) is 12.1 Å². The fourth-order valence-corrected chi connectivity index (χ4v) is 7.27. The Labute approximate surface area is 284 Å². The molecule has 0 radical (unpaired) electrons. The highest BCUT2D eigenvalue weighted by atomic mass is 16.7. The number of hydrogen-bond acceptors (Lipinski definition) is 14. The van der Waals surface area contributed by atoms with Gasteiger partial charge >= 0.3 is 11.9 Å². The molecule has 272 valence electrons. The van der Waals surface area contributed by atoms with E-state index in [1.165, 1.54) is 12.0 Å². The number of quaternary nitrogens is 1. The lowest BCUT2D eigenvalue weighted by molar-refractivity contribution is -0.932. The Morgan fingerprint density at radius 2 is 1.73 bits per heavy atom. The van der Waals surface area contributed by atoms with Crippen molar-refractivity contribution in [1.82, 2.24) is 0 Å². The van der Waals surface area contributed by atoms with Gasteiger partial charge in [0.15, 0.2) is 29.0 Å². The predicted octanol–water partition coefficient (Wildman–Crippen LogP) is -1.79. The zero-order valence-electron chi connectivity index (χ0n) is 28.5. The highest BCUT2D eigenvalue weighted by Crippen LogP contribution is 2.50. The number of nitrogens with one attached hydrogen (secondary N) is 1. The van der Waals surface area contributed by atoms with Crippen LogP contribution in [0, 0.1) is 0 Å². The molecule has 1 aromatic rings. The first-order chi connectivity index (χ1) is 23.0. The second-order valence-corrected chi connectivity index (χ2v) is 13.7. The van der Waals surface area contributed by atoms with Crippen LogP contribution in [0.1, 0.15) is 76.3 Å². The summed E-state index contributed by atoms with van der Waals surface area (Å²) in [4.78, 5) is 47.4. The molecule has 1 saturated heterocycles. The number of aliphatic carboxylic acids is 1. The minimum atomic E-state index is -2.13. The van der Waals surface area contributed by atoms with Gasteiger partial charge in [-0.05, 0) is 63.3 Å². The molecule has 3 aliphatic heterocycles. The number of aliphatic hydroxyl groups excluding tert-OH is 2. The Morgan fingerprint density at radius 1 is 1.06 bits per heavy atom. The van der Waals surface area contributed by atoms with Gasteiger partial charge in [-0.3, -0.25) is 9.59 Å². The summed E-state index contributed by atoms with van der Waals surface area (Å²) in [6.07, 6.45) is 0.117. The zero-order valence-corrected chi connectivity index (χ0v) is 28.5. The third-order valence-electron chi connectivity index (χ3n) is 9.78. The number of rotatable bonds is 12. The number of fused-ring (bicyclic) bond motifs is 3. The van der Waals surface area contributed by atoms with Gasteiger partial charge in [-0.1, -0.05) is 0 Å². The molecule has 1 aromatic carbocycles. The number of benzene rings is 1. The number of carboxylic acids is 1. The molecule has 0 aromatic heterocycles. The number of methoxy groups -OCH3 is 2. The SMILES string of the molecule is CC(=O)[C@@H](O)[C@H](O)C(=O)[O-].COC(=O)C[C@@](O)(CCCC(C)(C)O)C(=O)O[C@@H]1C(OC)=C[C@]23CCC[NH+]2CCc2cc4c(cc2[C@H]13)OCO4. The van der Waals surface area contributed by atoms with E-state index in [0.29, 0.717) is 30.1 Å². The van der Waals surface area contributed by atoms with Crippen LogP contribution in [0.3, 0.4) is 0 Å². The minimum Gasteiger partial charge on any atom is -0.547 e. The Kier molecular flexibility index (Phi) is 11.7. The van der Waals surface area contributed by atoms with Crippen molar-refractivity contribution in [2.24, 2.45) is 0 Å². The molecule has 15 heteroatoms. The van der Waals surface area contributed by atoms with Crippen LogP contribution in [0.4, 0.5) is 0 Å². The lowest BCUT2D eigenvalue weighted by Crippen LogP contribution is -3.18. The van der Waals surface area contributed by atoms with Crippen molar-refractivity contribution in [3.05, 3.63) is 35.1 Å². The molecule has 1 aliphatic carbocycles. The normalized spacial score (nSPS) is 25.8. The number of aliphatic hydroxyl groups is 4. The van der Waals surface area contributed by atoms with Crippen LogP contribution in [-0.4, -0.2) is 113 Å². The van der Waals surface area contributed by atoms with E-state index < -0.39 is 59.6 Å². The summed E-state index contributed by atoms with van der Waals surface area (Å²) in [6.45, 7) is 6.36. The number of esters is 2. The molecule has 5 rings (SSSR count). The number of Topliss-reactive ketones (excluding diaryl/α,β-unsaturated/α-hetero) is 1. The maximum absolute atomic E-state index is 13.8. The largest absolute Gasteiger partial charge is 0.547 e. The van der Waals surface area contributed by atoms with E-state index in [0.717, 1.165) is 50.4 Å². The van der Waals surface area contributed by atoms with Crippen LogP contribution in [0.2, 0.25) is 0 Å². The van der Waals surface area contributed by atoms with Crippen molar-refractivity contribution in [2.75, 3.05) is 34.1 Å². The first kappa shape index (κ1) is 38.0. The molecule has 0 amide bonds. The summed E-state index contributed by atoms with van der Waals surface area (Å²) >= 11 is 0. The topological polar surface area (TPSA) is 223 Å². The van der Waals surface area contributed by atoms with Gasteiger partial charge in [0.25, 0.3) is 0 Å². The number of ether oxygens (including phenoxy) is 5. The molecule has 7 atom stereocenters. The van der Waals surface area contributed by atoms with Crippen LogP contribution in [0.25, 0.3) is 0 Å². The van der Waals surface area contributed by atoms with Gasteiger partial charge in [0.2, 0.25) is 6.79 Å². The summed E-state index contributed by atoms with van der Waals surface area (Å²) < 4.78 is 28.1. The number of carboxylic acid groups (broad SMARTS) is 1. The number of ketones is 1. The second kappa shape index (κ2) is 15.0. The van der Waals surface area contributed by atoms with Crippen LogP contribution in [0.5, 0.6) is 11.5 Å². The lowest BCUT2D eigenvalue weighted by Gasteiger charge is -2.37. The molecule has 3 heterocycles. The zero-order chi connectivity index (χ0) is 36.3. The average Bonchev–Trinajstić information content (AvgIpc) is 3.73. The van der Waals surface area contributed by atoms with Crippen LogP contribution in [-0.2, 0) is 39.8 Å². The summed E-state index contributed by atoms with van der Waals surface area (Å²) in [7, 11) is 2.77. The highest BCUT2D eigenvalue weighted by Gasteiger charge is 2.62. The maximum Gasteiger partial charge on any atom is 0.339 e. The van der Waals surface area contributed by atoms with E-state index >= 15 is 0 Å². The second-order valence-electron chi connectivity index (χ2n) is 13.7. The standard InChI is InChI=1S/C29H39NO9.C5H8O5/c1-27(2,33)8-5-10-29(34,16-23(31)36-4)26(32)39-25-22(35-3)15-28-9-6-11-30(28)12-7-18-13-20-21(38-17-37-20)14-19(18)24(25)28;1-2(6)3(7)4(8)5(9)10/h13-15,24-25,33-34H,5-12,16-17H2,1-4H3;3-4,7-8H,1H3,(H,9,10)/t24-,25-,28+,29+;3-,4+/m11/s1. The minimum absolute atomic E-state index is 0.0634. The fourth-order valence-electron chi connectivity index (χ4n) is 7.27. The first-order valence-electron chi connectivity index (χ1n) is 16.3. The van der Waals surface area contributed by atoms with Crippen molar-refractivity contribution in [3.8, 4) is 11.5 Å². The molecule has 0 saturated carbocycles. The number of carbonyl (C=O) groups excluding carboxylic acids is 4. The highest BCUT2D eigenvalue weighted by molar-refractivity contribution is 5.87. The molecule has 1 fully saturated rings. The molecule has 1 unspecified atom stereocenters. The smallest absolute Gasteiger partial charge is 0.339 e. The van der Waals surface area contributed by atoms with Crippen molar-refractivity contribution in [3.63, 3.8) is 0 Å². The van der Waals surface area contributed by atoms with E-state index in [-0.39, 0.29) is 24.7 Å². The third kappa shape index (κ3) is 8.18. The summed E-state index contributed by atoms with van der Waals surface area (Å²) in [6, 6.07) is 4.03. The van der Waals surface area contributed by atoms with Crippen LogP contribution < -0.4 is 19.5 Å². The van der Waals surface area contributed by atoms with Crippen molar-refractivity contribution in [2.45, 2.75) is 107 Å². The van der Waals surface area contributed by atoms with Gasteiger partial charge in [0.1, 0.15) is 23.5 Å². The van der Waals surface area contributed by atoms with Crippen molar-refractivity contribution < 1.29 is 73.3 Å². The van der Waals surface area contributed by atoms with E-state index in [9.17, 15) is 34.5 Å². The number of hydrogen-bond donors (Lipinski definition) is 5. The molecule has 5 N–H and O–H groups in total.